The Hall–Kier alpha value is -3.56. The highest BCUT2D eigenvalue weighted by Gasteiger charge is 2.21. The van der Waals surface area contributed by atoms with Crippen LogP contribution in [0.3, 0.4) is 0 Å². The van der Waals surface area contributed by atoms with Gasteiger partial charge in [0.1, 0.15) is 17.4 Å². The number of hydrogen-bond donors (Lipinski definition) is 2. The molecule has 1 amide bonds. The lowest BCUT2D eigenvalue weighted by atomic mass is 10.1. The van der Waals surface area contributed by atoms with E-state index in [1.54, 1.807) is 12.1 Å². The molecule has 1 atom stereocenters. The largest absolute Gasteiger partial charge is 0.489 e. The van der Waals surface area contributed by atoms with Crippen LogP contribution in [0.1, 0.15) is 39.5 Å². The maximum Gasteiger partial charge on any atom is 0.322 e. The van der Waals surface area contributed by atoms with E-state index in [0.29, 0.717) is 29.3 Å². The van der Waals surface area contributed by atoms with Crippen LogP contribution in [-0.2, 0) is 13.0 Å². The first kappa shape index (κ1) is 24.1. The third-order valence-corrected chi connectivity index (χ3v) is 7.13. The first-order valence-corrected chi connectivity index (χ1v) is 13.0. The lowest BCUT2D eigenvalue weighted by molar-refractivity contribution is 0.0927. The molecule has 2 aromatic heterocycles. The number of rotatable bonds is 9. The van der Waals surface area contributed by atoms with Crippen LogP contribution in [0.25, 0.3) is 10.9 Å². The molecule has 1 unspecified atom stereocenters. The van der Waals surface area contributed by atoms with Gasteiger partial charge in [0.2, 0.25) is 0 Å². The summed E-state index contributed by atoms with van der Waals surface area (Å²) in [4.78, 5) is 31.3. The number of fused-ring (bicyclic) bond motifs is 1. The zero-order valence-electron chi connectivity index (χ0n) is 20.2. The Labute approximate surface area is 213 Å². The summed E-state index contributed by atoms with van der Waals surface area (Å²) in [6, 6.07) is 17.1. The van der Waals surface area contributed by atoms with Crippen molar-refractivity contribution in [2.24, 2.45) is 0 Å². The average Bonchev–Trinajstić information content (AvgIpc) is 3.54. The highest BCUT2D eigenvalue weighted by Crippen LogP contribution is 2.21. The quantitative estimate of drug-likeness (QED) is 0.361. The van der Waals surface area contributed by atoms with Gasteiger partial charge in [-0.25, -0.2) is 5.10 Å². The summed E-state index contributed by atoms with van der Waals surface area (Å²) in [7, 11) is 0. The number of amides is 1. The number of ether oxygens (including phenoxy) is 1. The predicted octanol–water partition coefficient (Wildman–Crippen LogP) is 3.70. The maximum absolute atomic E-state index is 13.0. The number of nitrogens with one attached hydrogen (secondary N) is 2. The molecule has 3 heterocycles. The number of aromatic amines is 1. The minimum Gasteiger partial charge on any atom is -0.489 e. The van der Waals surface area contributed by atoms with E-state index in [1.165, 1.54) is 12.8 Å². The number of carbonyl (C=O) groups is 1. The number of benzene rings is 2. The van der Waals surface area contributed by atoms with Gasteiger partial charge >= 0.3 is 4.87 Å². The number of aryl methyl sites for hydroxylation is 1. The normalized spacial score (nSPS) is 14.7. The van der Waals surface area contributed by atoms with E-state index in [4.69, 9.17) is 4.74 Å². The molecule has 0 saturated carbocycles. The van der Waals surface area contributed by atoms with Crippen molar-refractivity contribution >= 4 is 28.1 Å². The van der Waals surface area contributed by atoms with Gasteiger partial charge in [-0.1, -0.05) is 29.5 Å². The summed E-state index contributed by atoms with van der Waals surface area (Å²) in [6.07, 6.45) is 2.87. The zero-order valence-corrected chi connectivity index (χ0v) is 21.0. The molecule has 1 fully saturated rings. The van der Waals surface area contributed by atoms with Gasteiger partial charge in [0, 0.05) is 41.2 Å². The molecule has 0 aliphatic carbocycles. The van der Waals surface area contributed by atoms with Gasteiger partial charge in [-0.2, -0.15) is 5.10 Å². The average molecular weight is 504 g/mol. The van der Waals surface area contributed by atoms with Crippen LogP contribution in [-0.4, -0.2) is 51.7 Å². The molecule has 1 saturated heterocycles. The van der Waals surface area contributed by atoms with Crippen LogP contribution in [0.2, 0.25) is 0 Å². The molecule has 9 heteroatoms. The first-order valence-electron chi connectivity index (χ1n) is 12.2. The summed E-state index contributed by atoms with van der Waals surface area (Å²) in [6.45, 7) is 5.19. The fourth-order valence-corrected chi connectivity index (χ4v) is 5.32. The monoisotopic (exact) mass is 503 g/mol. The number of carbonyl (C=O) groups excluding carboxylic acids is 1. The van der Waals surface area contributed by atoms with Crippen LogP contribution < -0.4 is 14.9 Å². The van der Waals surface area contributed by atoms with Crippen LogP contribution in [0.15, 0.2) is 59.4 Å². The minimum absolute atomic E-state index is 0.131. The van der Waals surface area contributed by atoms with Gasteiger partial charge in [-0.15, -0.1) is 0 Å². The number of hydrogen-bond acceptors (Lipinski definition) is 7. The van der Waals surface area contributed by atoms with Crippen molar-refractivity contribution in [3.63, 3.8) is 0 Å². The van der Waals surface area contributed by atoms with Gasteiger partial charge in [-0.05, 0) is 69.3 Å². The second-order valence-corrected chi connectivity index (χ2v) is 10.2. The van der Waals surface area contributed by atoms with E-state index in [0.717, 1.165) is 53.1 Å². The SMILES string of the molecule is Cc1cc(COc2ccc(C(=O)NC(Cc3n[nH]c(=O)s3)CN3CCCC3)cc2)c2ccccc2n1. The van der Waals surface area contributed by atoms with Crippen LogP contribution in [0, 0.1) is 6.92 Å². The smallest absolute Gasteiger partial charge is 0.322 e. The summed E-state index contributed by atoms with van der Waals surface area (Å²) >= 11 is 1.09. The summed E-state index contributed by atoms with van der Waals surface area (Å²) in [5.41, 5.74) is 3.54. The summed E-state index contributed by atoms with van der Waals surface area (Å²) in [5, 5.41) is 11.5. The standard InChI is InChI=1S/C27H29N5O3S/c1-18-14-20(23-6-2-3-7-24(23)28-18)17-35-22-10-8-19(9-11-22)26(33)29-21(16-32-12-4-5-13-32)15-25-30-31-27(34)36-25/h2-3,6-11,14,21H,4-5,12-13,15-17H2,1H3,(H,29,33)(H,31,34). The second kappa shape index (κ2) is 11.0. The van der Waals surface area contributed by atoms with Crippen molar-refractivity contribution in [1.82, 2.24) is 25.4 Å². The lowest BCUT2D eigenvalue weighted by Crippen LogP contribution is -2.44. The van der Waals surface area contributed by atoms with Crippen LogP contribution in [0.5, 0.6) is 5.75 Å². The van der Waals surface area contributed by atoms with E-state index in [1.807, 2.05) is 49.4 Å². The molecule has 1 aliphatic rings. The highest BCUT2D eigenvalue weighted by molar-refractivity contribution is 7.08. The minimum atomic E-state index is -0.179. The van der Waals surface area contributed by atoms with E-state index < -0.39 is 0 Å². The second-order valence-electron chi connectivity index (χ2n) is 9.14. The Balaban J connectivity index is 1.23. The lowest BCUT2D eigenvalue weighted by Gasteiger charge is -2.24. The van der Waals surface area contributed by atoms with Gasteiger partial charge < -0.3 is 15.0 Å². The molecule has 4 aromatic rings. The van der Waals surface area contributed by atoms with Gasteiger partial charge in [0.25, 0.3) is 5.91 Å². The van der Waals surface area contributed by atoms with E-state index >= 15 is 0 Å². The molecule has 0 spiro atoms. The highest BCUT2D eigenvalue weighted by atomic mass is 32.1. The predicted molar refractivity (Wildman–Crippen MR) is 141 cm³/mol. The Morgan fingerprint density at radius 2 is 1.94 bits per heavy atom. The van der Waals surface area contributed by atoms with Crippen LogP contribution in [0.4, 0.5) is 0 Å². The third-order valence-electron chi connectivity index (χ3n) is 6.36. The van der Waals surface area contributed by atoms with Crippen molar-refractivity contribution in [1.29, 1.82) is 0 Å². The molecule has 2 N–H and O–H groups in total. The number of H-pyrrole nitrogens is 1. The van der Waals surface area contributed by atoms with E-state index in [2.05, 4.69) is 25.4 Å². The molecule has 0 bridgehead atoms. The molecular weight excluding hydrogens is 474 g/mol. The summed E-state index contributed by atoms with van der Waals surface area (Å²) < 4.78 is 6.03. The van der Waals surface area contributed by atoms with E-state index in [9.17, 15) is 9.59 Å². The number of pyridine rings is 1. The Morgan fingerprint density at radius 1 is 1.17 bits per heavy atom. The molecule has 0 radical (unpaired) electrons. The number of likely N-dealkylation sites (tertiary alicyclic amines) is 1. The van der Waals surface area contributed by atoms with Crippen molar-refractivity contribution < 1.29 is 9.53 Å². The van der Waals surface area contributed by atoms with Gasteiger partial charge in [0.05, 0.1) is 5.52 Å². The fourth-order valence-electron chi connectivity index (χ4n) is 4.64. The number of para-hydroxylation sites is 1. The first-order chi connectivity index (χ1) is 17.5. The molecule has 2 aromatic carbocycles. The van der Waals surface area contributed by atoms with Crippen molar-refractivity contribution in [3.8, 4) is 5.75 Å². The van der Waals surface area contributed by atoms with Gasteiger partial charge in [-0.3, -0.25) is 14.6 Å². The molecule has 5 rings (SSSR count). The van der Waals surface area contributed by atoms with Crippen molar-refractivity contribution in [2.45, 2.75) is 38.8 Å². The summed E-state index contributed by atoms with van der Waals surface area (Å²) in [5.74, 6) is 0.546. The van der Waals surface area contributed by atoms with Crippen molar-refractivity contribution in [3.05, 3.63) is 86.1 Å². The molecule has 186 valence electrons. The number of aromatic nitrogens is 3. The maximum atomic E-state index is 13.0. The van der Waals surface area contributed by atoms with Gasteiger partial charge in [0.15, 0.2) is 0 Å². The van der Waals surface area contributed by atoms with Crippen molar-refractivity contribution in [2.75, 3.05) is 19.6 Å². The Bertz CT molecular complexity index is 1390. The molecular formula is C27H29N5O3S. The zero-order chi connectivity index (χ0) is 24.9. The Kier molecular flexibility index (Phi) is 7.39. The third kappa shape index (κ3) is 5.98. The van der Waals surface area contributed by atoms with Crippen LogP contribution >= 0.6 is 11.3 Å². The van der Waals surface area contributed by atoms with E-state index in [-0.39, 0.29) is 16.8 Å². The molecule has 8 nitrogen and oxygen atoms in total. The molecule has 36 heavy (non-hydrogen) atoms. The number of nitrogens with zero attached hydrogens (tertiary/aromatic N) is 3. The topological polar surface area (TPSA) is 100 Å². The Morgan fingerprint density at radius 3 is 2.69 bits per heavy atom. The fraction of sp³-hybridized carbons (Fsp3) is 0.333. The molecule has 1 aliphatic heterocycles.